The van der Waals surface area contributed by atoms with Crippen molar-refractivity contribution in [2.24, 2.45) is 0 Å². The summed E-state index contributed by atoms with van der Waals surface area (Å²) in [7, 11) is -3.75. The van der Waals surface area contributed by atoms with Gasteiger partial charge >= 0.3 is 0 Å². The van der Waals surface area contributed by atoms with Crippen LogP contribution in [-0.2, 0) is 10.0 Å². The van der Waals surface area contributed by atoms with Gasteiger partial charge in [-0.1, -0.05) is 6.92 Å². The molecule has 8 heteroatoms. The van der Waals surface area contributed by atoms with E-state index < -0.39 is 14.9 Å². The first-order valence-corrected chi connectivity index (χ1v) is 8.30. The van der Waals surface area contributed by atoms with Gasteiger partial charge in [0.25, 0.3) is 5.69 Å². The Kier molecular flexibility index (Phi) is 4.20. The van der Waals surface area contributed by atoms with Gasteiger partial charge in [-0.15, -0.1) is 0 Å². The zero-order valence-corrected chi connectivity index (χ0v) is 12.8. The molecule has 7 nitrogen and oxygen atoms in total. The van der Waals surface area contributed by atoms with Crippen molar-refractivity contribution in [3.63, 3.8) is 0 Å². The highest BCUT2D eigenvalue weighted by Crippen LogP contribution is 2.34. The van der Waals surface area contributed by atoms with Gasteiger partial charge in [0.2, 0.25) is 10.0 Å². The fourth-order valence-electron chi connectivity index (χ4n) is 2.83. The van der Waals surface area contributed by atoms with E-state index in [-0.39, 0.29) is 28.4 Å². The molecule has 0 spiro atoms. The van der Waals surface area contributed by atoms with Crippen LogP contribution in [0.5, 0.6) is 0 Å². The summed E-state index contributed by atoms with van der Waals surface area (Å²) in [4.78, 5) is 10.2. The Morgan fingerprint density at radius 3 is 2.67 bits per heavy atom. The smallest absolute Gasteiger partial charge is 0.293 e. The number of nitrogens with two attached hydrogens (primary N) is 1. The monoisotopic (exact) mass is 313 g/mol. The van der Waals surface area contributed by atoms with Crippen molar-refractivity contribution in [3.8, 4) is 0 Å². The summed E-state index contributed by atoms with van der Waals surface area (Å²) in [6, 6.07) is 3.49. The minimum Gasteiger partial charge on any atom is -0.393 e. The van der Waals surface area contributed by atoms with Crippen LogP contribution in [0.1, 0.15) is 33.1 Å². The molecule has 2 N–H and O–H groups in total. The van der Waals surface area contributed by atoms with Crippen LogP contribution in [0.4, 0.5) is 11.4 Å². The van der Waals surface area contributed by atoms with Crippen LogP contribution in [-0.4, -0.2) is 29.7 Å². The molecule has 21 heavy (non-hydrogen) atoms. The second-order valence-corrected chi connectivity index (χ2v) is 7.14. The van der Waals surface area contributed by atoms with E-state index in [0.29, 0.717) is 0 Å². The second-order valence-electron chi connectivity index (χ2n) is 5.30. The molecule has 0 saturated carbocycles. The normalized spacial score (nSPS) is 23.3. The number of benzene rings is 1. The molecule has 1 aliphatic rings. The van der Waals surface area contributed by atoms with E-state index in [0.717, 1.165) is 25.3 Å². The van der Waals surface area contributed by atoms with E-state index in [9.17, 15) is 18.5 Å². The molecule has 1 heterocycles. The number of anilines is 1. The van der Waals surface area contributed by atoms with Gasteiger partial charge < -0.3 is 5.73 Å². The molecule has 0 aliphatic carbocycles. The van der Waals surface area contributed by atoms with Crippen LogP contribution >= 0.6 is 0 Å². The van der Waals surface area contributed by atoms with Crippen molar-refractivity contribution < 1.29 is 13.3 Å². The Bertz CT molecular complexity index is 659. The van der Waals surface area contributed by atoms with E-state index in [2.05, 4.69) is 0 Å². The molecule has 1 aromatic carbocycles. The molecule has 2 rings (SSSR count). The summed E-state index contributed by atoms with van der Waals surface area (Å²) in [5.74, 6) is 0. The van der Waals surface area contributed by atoms with Gasteiger partial charge in [-0.3, -0.25) is 10.1 Å². The second kappa shape index (κ2) is 5.61. The van der Waals surface area contributed by atoms with E-state index in [1.54, 1.807) is 0 Å². The van der Waals surface area contributed by atoms with Crippen LogP contribution < -0.4 is 5.73 Å². The third-order valence-corrected chi connectivity index (χ3v) is 6.02. The topological polar surface area (TPSA) is 107 Å². The summed E-state index contributed by atoms with van der Waals surface area (Å²) in [6.07, 6.45) is 2.34. The van der Waals surface area contributed by atoms with Gasteiger partial charge in [-0.05, 0) is 38.3 Å². The number of hydrogen-bond donors (Lipinski definition) is 1. The van der Waals surface area contributed by atoms with E-state index in [4.69, 9.17) is 5.73 Å². The number of sulfonamides is 1. The molecule has 1 aromatic rings. The quantitative estimate of drug-likeness (QED) is 0.520. The molecule has 1 aliphatic heterocycles. The number of hydrogen-bond acceptors (Lipinski definition) is 5. The van der Waals surface area contributed by atoms with Gasteiger partial charge in [-0.2, -0.15) is 4.31 Å². The zero-order valence-electron chi connectivity index (χ0n) is 12.0. The van der Waals surface area contributed by atoms with Gasteiger partial charge in [0.1, 0.15) is 5.69 Å². The van der Waals surface area contributed by atoms with Gasteiger partial charge in [-0.25, -0.2) is 8.42 Å². The standard InChI is InChI=1S/C13H19N3O4S/c1-3-10-5-4-9(2)15(10)21(19,20)11-6-7-12(14)13(8-11)16(17)18/h6-10H,3-5,14H2,1-2H3. The first kappa shape index (κ1) is 15.7. The molecule has 2 atom stereocenters. The highest BCUT2D eigenvalue weighted by atomic mass is 32.2. The summed E-state index contributed by atoms with van der Waals surface area (Å²) >= 11 is 0. The fraction of sp³-hybridized carbons (Fsp3) is 0.538. The molecule has 1 saturated heterocycles. The maximum atomic E-state index is 12.8. The average molecular weight is 313 g/mol. The maximum Gasteiger partial charge on any atom is 0.293 e. The SMILES string of the molecule is CCC1CCC(C)N1S(=O)(=O)c1ccc(N)c([N+](=O)[O-])c1. The third kappa shape index (κ3) is 2.73. The van der Waals surface area contributed by atoms with Gasteiger partial charge in [0.15, 0.2) is 0 Å². The first-order chi connectivity index (χ1) is 9.78. The minimum absolute atomic E-state index is 0.0412. The van der Waals surface area contributed by atoms with Crippen molar-refractivity contribution in [1.29, 1.82) is 0 Å². The number of nitro groups is 1. The lowest BCUT2D eigenvalue weighted by molar-refractivity contribution is -0.384. The average Bonchev–Trinajstić information content (AvgIpc) is 2.80. The van der Waals surface area contributed by atoms with Gasteiger partial charge in [0, 0.05) is 18.2 Å². The molecule has 0 amide bonds. The van der Waals surface area contributed by atoms with Crippen molar-refractivity contribution in [2.45, 2.75) is 50.1 Å². The maximum absolute atomic E-state index is 12.8. The molecule has 2 unspecified atom stereocenters. The largest absolute Gasteiger partial charge is 0.393 e. The van der Waals surface area contributed by atoms with Gasteiger partial charge in [0.05, 0.1) is 9.82 Å². The highest BCUT2D eigenvalue weighted by molar-refractivity contribution is 7.89. The lowest BCUT2D eigenvalue weighted by Crippen LogP contribution is -2.39. The fourth-order valence-corrected chi connectivity index (χ4v) is 4.80. The number of nitrogens with zero attached hydrogens (tertiary/aromatic N) is 2. The van der Waals surface area contributed by atoms with Crippen LogP contribution in [0, 0.1) is 10.1 Å². The molecular weight excluding hydrogens is 294 g/mol. The first-order valence-electron chi connectivity index (χ1n) is 6.86. The van der Waals surface area contributed by atoms with Crippen LogP contribution in [0.2, 0.25) is 0 Å². The Labute approximate surface area is 123 Å². The van der Waals surface area contributed by atoms with Crippen LogP contribution in [0.15, 0.2) is 23.1 Å². The molecule has 1 fully saturated rings. The Hall–Kier alpha value is -1.67. The Balaban J connectivity index is 2.49. The van der Waals surface area contributed by atoms with Crippen molar-refractivity contribution in [2.75, 3.05) is 5.73 Å². The summed E-state index contributed by atoms with van der Waals surface area (Å²) in [6.45, 7) is 3.80. The van der Waals surface area contributed by atoms with Crippen molar-refractivity contribution in [3.05, 3.63) is 28.3 Å². The number of nitro benzene ring substituents is 1. The minimum atomic E-state index is -3.75. The lowest BCUT2D eigenvalue weighted by Gasteiger charge is -2.26. The number of rotatable bonds is 4. The van der Waals surface area contributed by atoms with Crippen LogP contribution in [0.3, 0.4) is 0 Å². The summed E-state index contributed by atoms with van der Waals surface area (Å²) < 4.78 is 27.0. The molecular formula is C13H19N3O4S. The Morgan fingerprint density at radius 1 is 1.43 bits per heavy atom. The zero-order chi connectivity index (χ0) is 15.8. The molecule has 116 valence electrons. The van der Waals surface area contributed by atoms with Crippen molar-refractivity contribution >= 4 is 21.4 Å². The predicted molar refractivity (Wildman–Crippen MR) is 79.3 cm³/mol. The van der Waals surface area contributed by atoms with Crippen LogP contribution in [0.25, 0.3) is 0 Å². The number of nitrogen functional groups attached to an aromatic ring is 1. The third-order valence-electron chi connectivity index (χ3n) is 3.96. The van der Waals surface area contributed by atoms with E-state index >= 15 is 0 Å². The molecule has 0 bridgehead atoms. The van der Waals surface area contributed by atoms with Crippen molar-refractivity contribution in [1.82, 2.24) is 4.31 Å². The molecule has 0 radical (unpaired) electrons. The predicted octanol–water partition coefficient (Wildman–Crippen LogP) is 2.13. The molecule has 0 aromatic heterocycles. The van der Waals surface area contributed by atoms with E-state index in [1.165, 1.54) is 16.4 Å². The lowest BCUT2D eigenvalue weighted by atomic mass is 10.2. The summed E-state index contributed by atoms with van der Waals surface area (Å²) in [5.41, 5.74) is 5.10. The summed E-state index contributed by atoms with van der Waals surface area (Å²) in [5, 5.41) is 10.9. The highest BCUT2D eigenvalue weighted by Gasteiger charge is 2.39. The Morgan fingerprint density at radius 2 is 2.10 bits per heavy atom. The van der Waals surface area contributed by atoms with E-state index in [1.807, 2.05) is 13.8 Å².